The molecule has 0 saturated carbocycles. The van der Waals surface area contributed by atoms with Crippen LogP contribution in [0.5, 0.6) is 0 Å². The van der Waals surface area contributed by atoms with E-state index in [0.717, 1.165) is 11.6 Å². The van der Waals surface area contributed by atoms with Gasteiger partial charge in [-0.3, -0.25) is 19.8 Å². The topological polar surface area (TPSA) is 116 Å². The van der Waals surface area contributed by atoms with Crippen LogP contribution in [0.15, 0.2) is 48.8 Å². The fourth-order valence-corrected chi connectivity index (χ4v) is 2.52. The number of carbonyl (C=O) groups excluding carboxylic acids is 2. The van der Waals surface area contributed by atoms with Crippen molar-refractivity contribution in [3.8, 4) is 0 Å². The first-order valence-corrected chi connectivity index (χ1v) is 8.96. The number of anilines is 1. The Labute approximate surface area is 164 Å². The van der Waals surface area contributed by atoms with Crippen LogP contribution in [0.4, 0.5) is 5.82 Å². The highest BCUT2D eigenvalue weighted by Crippen LogP contribution is 2.15. The molecule has 0 bridgehead atoms. The lowest BCUT2D eigenvalue weighted by atomic mass is 10.0. The smallest absolute Gasteiger partial charge is 0.267 e. The van der Waals surface area contributed by atoms with Crippen molar-refractivity contribution in [2.24, 2.45) is 5.92 Å². The summed E-state index contributed by atoms with van der Waals surface area (Å²) in [5.41, 5.74) is 2.97. The fraction of sp³-hybridized carbons (Fsp3) is 0.300. The lowest BCUT2D eigenvalue weighted by Crippen LogP contribution is -2.44. The van der Waals surface area contributed by atoms with Crippen molar-refractivity contribution in [3.05, 3.63) is 60.1 Å². The minimum Gasteiger partial charge on any atom is -0.357 e. The molecular formula is C20H25N5O3. The van der Waals surface area contributed by atoms with Gasteiger partial charge in [-0.15, -0.1) is 0 Å². The summed E-state index contributed by atoms with van der Waals surface area (Å²) < 4.78 is 0. The molecular weight excluding hydrogens is 358 g/mol. The summed E-state index contributed by atoms with van der Waals surface area (Å²) in [6.45, 7) is 5.83. The van der Waals surface area contributed by atoms with E-state index in [4.69, 9.17) is 5.21 Å². The molecule has 28 heavy (non-hydrogen) atoms. The van der Waals surface area contributed by atoms with Gasteiger partial charge in [-0.1, -0.05) is 44.2 Å². The maximum atomic E-state index is 12.7. The maximum absolute atomic E-state index is 12.7. The third kappa shape index (κ3) is 6.17. The second kappa shape index (κ2) is 10.2. The lowest BCUT2D eigenvalue weighted by molar-refractivity contribution is -0.124. The molecule has 2 atom stereocenters. The Kier molecular flexibility index (Phi) is 7.65. The number of carbonyl (C=O) groups is 2. The van der Waals surface area contributed by atoms with Crippen LogP contribution < -0.4 is 16.1 Å². The van der Waals surface area contributed by atoms with Gasteiger partial charge in [0.15, 0.2) is 0 Å². The van der Waals surface area contributed by atoms with Crippen molar-refractivity contribution in [2.75, 3.05) is 5.32 Å². The monoisotopic (exact) mass is 383 g/mol. The van der Waals surface area contributed by atoms with Crippen molar-refractivity contribution < 1.29 is 14.8 Å². The van der Waals surface area contributed by atoms with Gasteiger partial charge in [0.2, 0.25) is 5.91 Å². The maximum Gasteiger partial charge on any atom is 0.267 e. The van der Waals surface area contributed by atoms with Crippen molar-refractivity contribution in [3.63, 3.8) is 0 Å². The summed E-state index contributed by atoms with van der Waals surface area (Å²) >= 11 is 0. The molecule has 8 nitrogen and oxygen atoms in total. The van der Waals surface area contributed by atoms with Gasteiger partial charge < -0.3 is 10.6 Å². The van der Waals surface area contributed by atoms with E-state index in [2.05, 4.69) is 20.6 Å². The predicted molar refractivity (Wildman–Crippen MR) is 106 cm³/mol. The highest BCUT2D eigenvalue weighted by Gasteiger charge is 2.24. The third-order valence-electron chi connectivity index (χ3n) is 4.10. The quantitative estimate of drug-likeness (QED) is 0.316. The molecule has 1 aromatic heterocycles. The van der Waals surface area contributed by atoms with Crippen LogP contribution in [0, 0.1) is 5.92 Å². The molecule has 1 aromatic carbocycles. The Morgan fingerprint density at radius 2 is 1.79 bits per heavy atom. The van der Waals surface area contributed by atoms with Crippen LogP contribution >= 0.6 is 0 Å². The van der Waals surface area contributed by atoms with Gasteiger partial charge in [-0.2, -0.15) is 0 Å². The number of amides is 2. The van der Waals surface area contributed by atoms with Crippen molar-refractivity contribution >= 4 is 23.7 Å². The average Bonchev–Trinajstić information content (AvgIpc) is 2.71. The number of hydrogen-bond acceptors (Lipinski definition) is 6. The minimum atomic E-state index is -0.659. The summed E-state index contributed by atoms with van der Waals surface area (Å²) in [7, 11) is 0. The number of nitrogens with one attached hydrogen (secondary N) is 3. The minimum absolute atomic E-state index is 0.0256. The second-order valence-electron chi connectivity index (χ2n) is 6.64. The van der Waals surface area contributed by atoms with Gasteiger partial charge in [-0.05, 0) is 24.5 Å². The van der Waals surface area contributed by atoms with Crippen molar-refractivity contribution in [2.45, 2.75) is 32.9 Å². The largest absolute Gasteiger partial charge is 0.357 e. The average molecular weight is 383 g/mol. The van der Waals surface area contributed by atoms with Crippen LogP contribution in [0.1, 0.15) is 38.1 Å². The molecule has 0 unspecified atom stereocenters. The molecule has 1 heterocycles. The zero-order valence-corrected chi connectivity index (χ0v) is 16.1. The molecule has 0 fully saturated rings. The first-order chi connectivity index (χ1) is 13.4. The summed E-state index contributed by atoms with van der Waals surface area (Å²) in [6.07, 6.45) is 5.49. The highest BCUT2D eigenvalue weighted by molar-refractivity contribution is 5.90. The SMILES string of the molecule is CC(C)[C@@H](Nc1cnc(/C=C/C(=O)NO)cn1)C(=O)N[C@@H](C)c1ccccc1. The number of aromatic nitrogens is 2. The van der Waals surface area contributed by atoms with Crippen LogP contribution in [0.25, 0.3) is 6.08 Å². The fourth-order valence-electron chi connectivity index (χ4n) is 2.52. The molecule has 4 N–H and O–H groups in total. The standard InChI is InChI=1S/C20H25N5O3/c1-13(2)19(20(27)23-14(3)15-7-5-4-6-8-15)24-17-12-21-16(11-22-17)9-10-18(26)25-28/h4-14,19,28H,1-3H3,(H,22,24)(H,23,27)(H,25,26)/b10-9+/t14-,19+/m0/s1. The van der Waals surface area contributed by atoms with Gasteiger partial charge >= 0.3 is 0 Å². The molecule has 2 aromatic rings. The Morgan fingerprint density at radius 3 is 2.36 bits per heavy atom. The zero-order chi connectivity index (χ0) is 20.5. The third-order valence-corrected chi connectivity index (χ3v) is 4.10. The number of hydrogen-bond donors (Lipinski definition) is 4. The second-order valence-corrected chi connectivity index (χ2v) is 6.64. The summed E-state index contributed by atoms with van der Waals surface area (Å²) in [5, 5.41) is 14.6. The number of rotatable bonds is 8. The Morgan fingerprint density at radius 1 is 1.07 bits per heavy atom. The Balaban J connectivity index is 2.02. The van der Waals surface area contributed by atoms with E-state index in [1.54, 1.807) is 0 Å². The molecule has 0 spiro atoms. The summed E-state index contributed by atoms with van der Waals surface area (Å²) in [5.74, 6) is -0.313. The number of hydroxylamine groups is 1. The summed E-state index contributed by atoms with van der Waals surface area (Å²) in [6, 6.07) is 9.15. The predicted octanol–water partition coefficient (Wildman–Crippen LogP) is 2.31. The molecule has 0 aliphatic carbocycles. The van der Waals surface area contributed by atoms with E-state index < -0.39 is 11.9 Å². The lowest BCUT2D eigenvalue weighted by Gasteiger charge is -2.24. The van der Waals surface area contributed by atoms with Gasteiger partial charge in [0.25, 0.3) is 5.91 Å². The first-order valence-electron chi connectivity index (χ1n) is 8.96. The molecule has 0 radical (unpaired) electrons. The van der Waals surface area contributed by atoms with E-state index in [0.29, 0.717) is 11.5 Å². The van der Waals surface area contributed by atoms with E-state index in [1.165, 1.54) is 23.9 Å². The van der Waals surface area contributed by atoms with E-state index in [1.807, 2.05) is 51.1 Å². The van der Waals surface area contributed by atoms with Gasteiger partial charge in [0, 0.05) is 6.08 Å². The molecule has 0 aliphatic heterocycles. The summed E-state index contributed by atoms with van der Waals surface area (Å²) in [4.78, 5) is 32.1. The van der Waals surface area contributed by atoms with Gasteiger partial charge in [-0.25, -0.2) is 10.5 Å². The zero-order valence-electron chi connectivity index (χ0n) is 16.1. The number of nitrogens with zero attached hydrogens (tertiary/aromatic N) is 2. The molecule has 2 rings (SSSR count). The number of benzene rings is 1. The molecule has 0 aliphatic rings. The first kappa shape index (κ1) is 21.0. The van der Waals surface area contributed by atoms with Gasteiger partial charge in [0.05, 0.1) is 24.1 Å². The molecule has 2 amide bonds. The normalized spacial score (nSPS) is 13.2. The van der Waals surface area contributed by atoms with Gasteiger partial charge in [0.1, 0.15) is 11.9 Å². The van der Waals surface area contributed by atoms with E-state index in [-0.39, 0.29) is 17.9 Å². The van der Waals surface area contributed by atoms with Crippen molar-refractivity contribution in [1.82, 2.24) is 20.8 Å². The Hall–Kier alpha value is -3.26. The molecule has 148 valence electrons. The van der Waals surface area contributed by atoms with Crippen LogP contribution in [0.3, 0.4) is 0 Å². The van der Waals surface area contributed by atoms with Crippen LogP contribution in [-0.2, 0) is 9.59 Å². The molecule has 0 saturated heterocycles. The van der Waals surface area contributed by atoms with E-state index >= 15 is 0 Å². The highest BCUT2D eigenvalue weighted by atomic mass is 16.5. The van der Waals surface area contributed by atoms with E-state index in [9.17, 15) is 9.59 Å². The Bertz CT molecular complexity index is 806. The van der Waals surface area contributed by atoms with Crippen LogP contribution in [-0.4, -0.2) is 33.0 Å². The van der Waals surface area contributed by atoms with Crippen molar-refractivity contribution in [1.29, 1.82) is 0 Å². The molecule has 8 heteroatoms. The van der Waals surface area contributed by atoms with Crippen LogP contribution in [0.2, 0.25) is 0 Å².